The first kappa shape index (κ1) is 51.3. The van der Waals surface area contributed by atoms with Crippen LogP contribution in [0.25, 0.3) is 0 Å². The topological polar surface area (TPSA) is 58.5 Å². The van der Waals surface area contributed by atoms with Crippen molar-refractivity contribution in [3.8, 4) is 0 Å². The van der Waals surface area contributed by atoms with Crippen LogP contribution in [0.1, 0.15) is 220 Å². The molecule has 0 aromatic rings. The number of hydrogen-bond acceptors (Lipinski definition) is 4. The molecule has 0 aromatic heterocycles. The molecule has 0 heterocycles. The maximum atomic E-state index is 6.05. The summed E-state index contributed by atoms with van der Waals surface area (Å²) in [6.07, 6.45) is 50.9. The van der Waals surface area contributed by atoms with Crippen LogP contribution in [0.15, 0.2) is 24.3 Å². The Morgan fingerprint density at radius 2 is 0.577 bits per heavy atom. The smallest absolute Gasteiger partial charge is 0.00191 e. The Balaban J connectivity index is 4.08. The minimum absolute atomic E-state index is 0.586. The molecule has 0 spiro atoms. The van der Waals surface area contributed by atoms with E-state index in [0.29, 0.717) is 11.8 Å². The van der Waals surface area contributed by atoms with Crippen molar-refractivity contribution in [1.29, 1.82) is 0 Å². The van der Waals surface area contributed by atoms with Crippen LogP contribution >= 0.6 is 0 Å². The van der Waals surface area contributed by atoms with E-state index >= 15 is 0 Å². The molecule has 0 saturated heterocycles. The van der Waals surface area contributed by atoms with Gasteiger partial charge in [-0.05, 0) is 128 Å². The zero-order valence-corrected chi connectivity index (χ0v) is 36.4. The number of rotatable bonds is 43. The monoisotopic (exact) mass is 731 g/mol. The highest BCUT2D eigenvalue weighted by molar-refractivity contribution is 4.82. The quantitative estimate of drug-likeness (QED) is 0.0484. The second kappa shape index (κ2) is 43.1. The molecule has 0 aliphatic carbocycles. The van der Waals surface area contributed by atoms with Gasteiger partial charge in [0.15, 0.2) is 0 Å². The molecule has 0 aliphatic rings. The summed E-state index contributed by atoms with van der Waals surface area (Å²) in [5.41, 5.74) is 12.1. The van der Waals surface area contributed by atoms with Gasteiger partial charge in [0.1, 0.15) is 0 Å². The fraction of sp³-hybridized carbons (Fsp3) is 0.917. The molecule has 0 aromatic carbocycles. The molecule has 0 rings (SSSR count). The summed E-state index contributed by atoms with van der Waals surface area (Å²) in [7, 11) is 0. The third-order valence-electron chi connectivity index (χ3n) is 11.1. The molecule has 0 bridgehead atoms. The fourth-order valence-electron chi connectivity index (χ4n) is 7.46. The lowest BCUT2D eigenvalue weighted by molar-refractivity contribution is 0.207. The van der Waals surface area contributed by atoms with Crippen LogP contribution in [0.3, 0.4) is 0 Å². The second-order valence-corrected chi connectivity index (χ2v) is 16.9. The van der Waals surface area contributed by atoms with E-state index in [9.17, 15) is 0 Å². The first-order valence-electron chi connectivity index (χ1n) is 23.7. The summed E-state index contributed by atoms with van der Waals surface area (Å²) in [5.74, 6) is 1.17. The van der Waals surface area contributed by atoms with E-state index in [0.717, 1.165) is 26.2 Å². The normalized spacial score (nSPS) is 13.5. The summed E-state index contributed by atoms with van der Waals surface area (Å²) in [5, 5.41) is 0. The van der Waals surface area contributed by atoms with Crippen molar-refractivity contribution >= 4 is 0 Å². The molecule has 0 aliphatic heterocycles. The Morgan fingerprint density at radius 1 is 0.346 bits per heavy atom. The maximum absolute atomic E-state index is 6.05. The van der Waals surface area contributed by atoms with E-state index in [2.05, 4.69) is 61.8 Å². The minimum atomic E-state index is 0.586. The van der Waals surface area contributed by atoms with Gasteiger partial charge in [0, 0.05) is 13.1 Å². The number of nitrogens with zero attached hydrogens (tertiary/aromatic N) is 2. The largest absolute Gasteiger partial charge is 0.330 e. The lowest BCUT2D eigenvalue weighted by atomic mass is 10.1. The highest BCUT2D eigenvalue weighted by atomic mass is 15.1. The van der Waals surface area contributed by atoms with E-state index in [1.165, 1.54) is 219 Å². The maximum Gasteiger partial charge on any atom is 0.00191 e. The Hall–Kier alpha value is -0.680. The van der Waals surface area contributed by atoms with Crippen molar-refractivity contribution in [2.45, 2.75) is 220 Å². The highest BCUT2D eigenvalue weighted by Gasteiger charge is 2.12. The molecule has 4 heteroatoms. The zero-order chi connectivity index (χ0) is 38.0. The van der Waals surface area contributed by atoms with E-state index in [1.54, 1.807) is 0 Å². The molecule has 310 valence electrons. The third kappa shape index (κ3) is 39.0. The molecule has 0 radical (unpaired) electrons. The molecule has 4 N–H and O–H groups in total. The predicted molar refractivity (Wildman–Crippen MR) is 237 cm³/mol. The molecular weight excluding hydrogens is 633 g/mol. The minimum Gasteiger partial charge on any atom is -0.330 e. The molecular formula is C48H98N4. The van der Waals surface area contributed by atoms with Gasteiger partial charge in [-0.1, -0.05) is 168 Å². The number of hydrogen-bond donors (Lipinski definition) is 2. The fourth-order valence-corrected chi connectivity index (χ4v) is 7.46. The number of unbranched alkanes of at least 4 members (excludes halogenated alkanes) is 25. The third-order valence-corrected chi connectivity index (χ3v) is 11.1. The standard InChI is InChI=1S/C48H98N4/c1-5-7-9-11-13-15-17-19-21-23-25-27-29-31-33-35-39-51(45-47(3)43-49)41-37-38-42-52(46-48(4)44-50)40-36-34-32-30-28-26-24-22-20-18-16-14-12-10-8-6-2/h19-22,47-48H,5-18,23-46,49-50H2,1-4H3/b21-19-,22-20+. The molecule has 0 saturated carbocycles. The average Bonchev–Trinajstić information content (AvgIpc) is 3.15. The van der Waals surface area contributed by atoms with Crippen molar-refractivity contribution in [1.82, 2.24) is 9.80 Å². The summed E-state index contributed by atoms with van der Waals surface area (Å²) in [6.45, 7) is 18.1. The Morgan fingerprint density at radius 3 is 0.846 bits per heavy atom. The van der Waals surface area contributed by atoms with Crippen LogP contribution < -0.4 is 11.5 Å². The molecule has 0 amide bonds. The summed E-state index contributed by atoms with van der Waals surface area (Å²) >= 11 is 0. The van der Waals surface area contributed by atoms with Gasteiger partial charge in [-0.15, -0.1) is 0 Å². The average molecular weight is 731 g/mol. The SMILES string of the molecule is CCCCCCCC/C=C\CCCCCCCCN(CCCCN(CCCCCCCC/C=C/CCCCCCCC)CC(C)CN)CC(C)CN. The van der Waals surface area contributed by atoms with Crippen LogP contribution in [-0.4, -0.2) is 62.2 Å². The summed E-state index contributed by atoms with van der Waals surface area (Å²) in [6, 6.07) is 0. The van der Waals surface area contributed by atoms with Gasteiger partial charge in [-0.25, -0.2) is 0 Å². The Labute approximate surface area is 329 Å². The van der Waals surface area contributed by atoms with Gasteiger partial charge in [0.05, 0.1) is 0 Å². The Bertz CT molecular complexity index is 661. The van der Waals surface area contributed by atoms with Crippen molar-refractivity contribution in [3.05, 3.63) is 24.3 Å². The number of allylic oxidation sites excluding steroid dienone is 4. The van der Waals surface area contributed by atoms with Gasteiger partial charge < -0.3 is 21.3 Å². The van der Waals surface area contributed by atoms with Crippen LogP contribution in [0.4, 0.5) is 0 Å². The Kier molecular flexibility index (Phi) is 42.5. The van der Waals surface area contributed by atoms with Crippen molar-refractivity contribution in [2.24, 2.45) is 23.3 Å². The van der Waals surface area contributed by atoms with Crippen molar-refractivity contribution < 1.29 is 0 Å². The van der Waals surface area contributed by atoms with Gasteiger partial charge >= 0.3 is 0 Å². The van der Waals surface area contributed by atoms with Gasteiger partial charge in [-0.3, -0.25) is 0 Å². The van der Waals surface area contributed by atoms with E-state index in [4.69, 9.17) is 11.5 Å². The highest BCUT2D eigenvalue weighted by Crippen LogP contribution is 2.14. The van der Waals surface area contributed by atoms with Crippen LogP contribution in [-0.2, 0) is 0 Å². The zero-order valence-electron chi connectivity index (χ0n) is 36.4. The van der Waals surface area contributed by atoms with E-state index < -0.39 is 0 Å². The van der Waals surface area contributed by atoms with Gasteiger partial charge in [0.2, 0.25) is 0 Å². The van der Waals surface area contributed by atoms with Crippen molar-refractivity contribution in [3.63, 3.8) is 0 Å². The van der Waals surface area contributed by atoms with Crippen LogP contribution in [0, 0.1) is 11.8 Å². The van der Waals surface area contributed by atoms with Gasteiger partial charge in [-0.2, -0.15) is 0 Å². The van der Waals surface area contributed by atoms with E-state index in [-0.39, 0.29) is 0 Å². The summed E-state index contributed by atoms with van der Waals surface area (Å²) in [4.78, 5) is 5.45. The van der Waals surface area contributed by atoms with Crippen LogP contribution in [0.2, 0.25) is 0 Å². The number of nitrogens with two attached hydrogens (primary N) is 2. The van der Waals surface area contributed by atoms with Crippen LogP contribution in [0.5, 0.6) is 0 Å². The van der Waals surface area contributed by atoms with Crippen molar-refractivity contribution in [2.75, 3.05) is 52.4 Å². The first-order valence-corrected chi connectivity index (χ1v) is 23.7. The lowest BCUT2D eigenvalue weighted by Crippen LogP contribution is -2.35. The molecule has 0 fully saturated rings. The molecule has 52 heavy (non-hydrogen) atoms. The molecule has 2 atom stereocenters. The van der Waals surface area contributed by atoms with E-state index in [1.807, 2.05) is 0 Å². The summed E-state index contributed by atoms with van der Waals surface area (Å²) < 4.78 is 0. The predicted octanol–water partition coefficient (Wildman–Crippen LogP) is 13.6. The second-order valence-electron chi connectivity index (χ2n) is 16.9. The molecule has 2 unspecified atom stereocenters. The first-order chi connectivity index (χ1) is 25.6. The molecule has 4 nitrogen and oxygen atoms in total. The van der Waals surface area contributed by atoms with Gasteiger partial charge in [0.25, 0.3) is 0 Å². The lowest BCUT2D eigenvalue weighted by Gasteiger charge is -2.27.